The molecule has 0 unspecified atom stereocenters. The molecule has 0 aliphatic carbocycles. The van der Waals surface area contributed by atoms with Gasteiger partial charge in [0.25, 0.3) is 5.91 Å². The molecule has 4 amide bonds. The SMILES string of the molecule is C/C=C(\C)[C@@H](O)[C@@H](C)[C@H](C/C=C(\C)C(=O)O[C@H](CC(C)C)C(=O)N[C@@H](C)C(=O)N(C)[C@H](Cc1ccccc1)C(=O)N(C)CC(=O)N[C@H](C(=O)OCC(Cl)(Cl)Cl)[C@@H](C)CC)OCSC. The molecule has 0 bridgehead atoms. The lowest BCUT2D eigenvalue weighted by Crippen LogP contribution is -2.56. The maximum atomic E-state index is 14.1. The molecule has 0 aromatic heterocycles. The highest BCUT2D eigenvalue weighted by atomic mass is 35.6. The van der Waals surface area contributed by atoms with Crippen LogP contribution in [0, 0.1) is 17.8 Å². The van der Waals surface area contributed by atoms with Gasteiger partial charge in [0.2, 0.25) is 21.5 Å². The zero-order valence-corrected chi connectivity index (χ0v) is 41.8. The van der Waals surface area contributed by atoms with E-state index in [0.717, 1.165) is 16.0 Å². The van der Waals surface area contributed by atoms with Crippen molar-refractivity contribution in [3.05, 3.63) is 59.2 Å². The lowest BCUT2D eigenvalue weighted by molar-refractivity contribution is -0.154. The van der Waals surface area contributed by atoms with Gasteiger partial charge in [-0.2, -0.15) is 0 Å². The second-order valence-corrected chi connectivity index (χ2v) is 19.7. The molecule has 0 radical (unpaired) electrons. The molecule has 0 aliphatic rings. The van der Waals surface area contributed by atoms with E-state index in [1.807, 2.05) is 59.9 Å². The Morgan fingerprint density at radius 2 is 1.57 bits per heavy atom. The number of halogens is 3. The summed E-state index contributed by atoms with van der Waals surface area (Å²) in [6.45, 7) is 14.9. The van der Waals surface area contributed by atoms with Crippen LogP contribution in [0.4, 0.5) is 0 Å². The minimum absolute atomic E-state index is 0.0684. The Balaban J connectivity index is 3.24. The van der Waals surface area contributed by atoms with Gasteiger partial charge in [-0.15, -0.1) is 11.8 Å². The Bertz CT molecular complexity index is 1710. The van der Waals surface area contributed by atoms with Crippen molar-refractivity contribution < 1.29 is 48.1 Å². The van der Waals surface area contributed by atoms with Crippen molar-refractivity contribution in [1.82, 2.24) is 20.4 Å². The highest BCUT2D eigenvalue weighted by Crippen LogP contribution is 2.27. The third-order valence-corrected chi connectivity index (χ3v) is 11.3. The molecule has 63 heavy (non-hydrogen) atoms. The van der Waals surface area contributed by atoms with Crippen LogP contribution in [0.15, 0.2) is 53.6 Å². The number of alkyl halides is 3. The first kappa shape index (κ1) is 57.7. The van der Waals surface area contributed by atoms with Gasteiger partial charge >= 0.3 is 11.9 Å². The molecule has 1 aromatic rings. The number of esters is 2. The fraction of sp³-hybridized carbons (Fsp3) is 0.644. The summed E-state index contributed by atoms with van der Waals surface area (Å²) in [5.41, 5.74) is 1.78. The maximum absolute atomic E-state index is 14.1. The smallest absolute Gasteiger partial charge is 0.334 e. The van der Waals surface area contributed by atoms with Gasteiger partial charge in [0.1, 0.15) is 24.7 Å². The summed E-state index contributed by atoms with van der Waals surface area (Å²) >= 11 is 18.7. The average molecular weight is 964 g/mol. The lowest BCUT2D eigenvalue weighted by atomic mass is 9.90. The first-order valence-corrected chi connectivity index (χ1v) is 23.6. The van der Waals surface area contributed by atoms with Gasteiger partial charge in [-0.25, -0.2) is 9.59 Å². The van der Waals surface area contributed by atoms with Crippen LogP contribution in [-0.4, -0.2) is 130 Å². The zero-order valence-electron chi connectivity index (χ0n) is 38.7. The zero-order chi connectivity index (χ0) is 48.2. The van der Waals surface area contributed by atoms with Crippen LogP contribution in [0.2, 0.25) is 0 Å². The summed E-state index contributed by atoms with van der Waals surface area (Å²) in [5, 5.41) is 16.1. The topological polar surface area (TPSA) is 181 Å². The predicted octanol–water partition coefficient (Wildman–Crippen LogP) is 6.43. The largest absolute Gasteiger partial charge is 0.460 e. The number of benzene rings is 1. The number of hydrogen-bond donors (Lipinski definition) is 3. The fourth-order valence-corrected chi connectivity index (χ4v) is 6.82. The van der Waals surface area contributed by atoms with Crippen LogP contribution in [-0.2, 0) is 49.4 Å². The summed E-state index contributed by atoms with van der Waals surface area (Å²) in [6, 6.07) is 5.60. The molecule has 1 rings (SSSR count). The number of nitrogens with zero attached hydrogens (tertiary/aromatic N) is 2. The molecule has 14 nitrogen and oxygen atoms in total. The van der Waals surface area contributed by atoms with E-state index in [-0.39, 0.29) is 36.2 Å². The molecule has 356 valence electrons. The molecule has 18 heteroatoms. The first-order valence-electron chi connectivity index (χ1n) is 21.1. The van der Waals surface area contributed by atoms with Crippen molar-refractivity contribution in [2.24, 2.45) is 17.8 Å². The van der Waals surface area contributed by atoms with Crippen LogP contribution in [0.1, 0.15) is 87.1 Å². The number of ether oxygens (including phenoxy) is 3. The number of aliphatic hydroxyl groups is 1. The van der Waals surface area contributed by atoms with Gasteiger partial charge in [-0.05, 0) is 69.8 Å². The number of allylic oxidation sites excluding steroid dienone is 1. The summed E-state index contributed by atoms with van der Waals surface area (Å²) < 4.78 is 15.0. The fourth-order valence-electron chi connectivity index (χ4n) is 6.35. The highest BCUT2D eigenvalue weighted by molar-refractivity contribution is 7.98. The monoisotopic (exact) mass is 962 g/mol. The number of aliphatic hydroxyl groups excluding tert-OH is 1. The second kappa shape index (κ2) is 28.5. The van der Waals surface area contributed by atoms with Gasteiger partial charge in [0.15, 0.2) is 6.10 Å². The molecule has 1 aromatic carbocycles. The minimum Gasteiger partial charge on any atom is -0.460 e. The van der Waals surface area contributed by atoms with E-state index >= 15 is 0 Å². The Labute approximate surface area is 393 Å². The molecule has 0 saturated carbocycles. The predicted molar refractivity (Wildman–Crippen MR) is 250 cm³/mol. The van der Waals surface area contributed by atoms with Crippen molar-refractivity contribution in [3.63, 3.8) is 0 Å². The van der Waals surface area contributed by atoms with E-state index in [1.54, 1.807) is 44.2 Å². The number of nitrogens with one attached hydrogen (secondary N) is 2. The van der Waals surface area contributed by atoms with Crippen molar-refractivity contribution in [3.8, 4) is 0 Å². The molecular weight excluding hydrogens is 895 g/mol. The summed E-state index contributed by atoms with van der Waals surface area (Å²) in [5.74, 6) is -4.39. The van der Waals surface area contributed by atoms with Crippen molar-refractivity contribution in [2.45, 2.75) is 128 Å². The van der Waals surface area contributed by atoms with Gasteiger partial charge < -0.3 is 39.8 Å². The molecule has 0 fully saturated rings. The normalized spacial score (nSPS) is 16.1. The van der Waals surface area contributed by atoms with E-state index < -0.39 is 88.9 Å². The van der Waals surface area contributed by atoms with E-state index in [4.69, 9.17) is 49.0 Å². The highest BCUT2D eigenvalue weighted by Gasteiger charge is 2.36. The third kappa shape index (κ3) is 20.6. The van der Waals surface area contributed by atoms with Gasteiger partial charge in [-0.1, -0.05) is 118 Å². The number of amides is 4. The van der Waals surface area contributed by atoms with Crippen molar-refractivity contribution in [2.75, 3.05) is 39.4 Å². The second-order valence-electron chi connectivity index (χ2n) is 16.3. The van der Waals surface area contributed by atoms with Crippen LogP contribution in [0.25, 0.3) is 0 Å². The Kier molecular flexibility index (Phi) is 26.1. The van der Waals surface area contributed by atoms with E-state index in [0.29, 0.717) is 18.8 Å². The van der Waals surface area contributed by atoms with Crippen molar-refractivity contribution >= 4 is 82.1 Å². The average Bonchev–Trinajstić information content (AvgIpc) is 3.24. The molecule has 3 N–H and O–H groups in total. The van der Waals surface area contributed by atoms with Crippen molar-refractivity contribution in [1.29, 1.82) is 0 Å². The van der Waals surface area contributed by atoms with Crippen LogP contribution in [0.3, 0.4) is 0 Å². The van der Waals surface area contributed by atoms with Gasteiger partial charge in [0, 0.05) is 32.0 Å². The third-order valence-electron chi connectivity index (χ3n) is 10.6. The van der Waals surface area contributed by atoms with Gasteiger partial charge in [-0.3, -0.25) is 19.2 Å². The summed E-state index contributed by atoms with van der Waals surface area (Å²) in [6.07, 6.45) is 4.08. The van der Waals surface area contributed by atoms with Crippen LogP contribution in [0.5, 0.6) is 0 Å². The number of thioether (sulfide) groups is 1. The Morgan fingerprint density at radius 3 is 2.11 bits per heavy atom. The Morgan fingerprint density at radius 1 is 0.952 bits per heavy atom. The molecule has 0 spiro atoms. The van der Waals surface area contributed by atoms with Crippen LogP contribution < -0.4 is 10.6 Å². The molecule has 8 atom stereocenters. The molecule has 0 aliphatic heterocycles. The van der Waals surface area contributed by atoms with Gasteiger partial charge in [0.05, 0.1) is 24.7 Å². The molecule has 0 heterocycles. The number of carbonyl (C=O) groups is 6. The first-order chi connectivity index (χ1) is 29.4. The number of hydrogen-bond acceptors (Lipinski definition) is 11. The summed E-state index contributed by atoms with van der Waals surface area (Å²) in [7, 11) is 2.83. The summed E-state index contributed by atoms with van der Waals surface area (Å²) in [4.78, 5) is 83.7. The molecule has 0 saturated heterocycles. The standard InChI is InChI=1S/C45H69Cl3N4O10S/c1-13-28(5)38(44(59)60-25-45(46,47)48)50-37(53)24-51(10)42(57)34(23-33-18-16-15-17-19-33)52(11)41(56)32(9)49-40(55)36(22-27(3)4)62-43(58)30(7)20-21-35(61-26-63-12)31(8)39(54)29(6)14-2/h14-20,27-28,31-32,34-36,38-39,54H,13,21-26H2,1-12H3,(H,49,55)(H,50,53)/b29-14+,30-20+/t28-,31-,32-,34+,35-,36+,38-,39+/m0/s1. The quantitative estimate of drug-likeness (QED) is 0.0306. The number of carbonyl (C=O) groups excluding carboxylic acids is 6. The maximum Gasteiger partial charge on any atom is 0.334 e. The lowest BCUT2D eigenvalue weighted by Gasteiger charge is -2.33. The number of rotatable bonds is 26. The molecular formula is C45H69Cl3N4O10S. The van der Waals surface area contributed by atoms with E-state index in [9.17, 15) is 33.9 Å². The van der Waals surface area contributed by atoms with E-state index in [1.165, 1.54) is 37.7 Å². The number of likely N-dealkylation sites (N-methyl/N-ethyl adjacent to an activating group) is 2. The van der Waals surface area contributed by atoms with Crippen LogP contribution >= 0.6 is 46.6 Å². The Hall–Kier alpha value is -3.34. The van der Waals surface area contributed by atoms with E-state index in [2.05, 4.69) is 10.6 Å². The minimum atomic E-state index is -1.85.